The van der Waals surface area contributed by atoms with Gasteiger partial charge < -0.3 is 15.7 Å². The van der Waals surface area contributed by atoms with E-state index in [1.54, 1.807) is 11.9 Å². The number of carbonyl (C=O) groups excluding carboxylic acids is 1. The van der Waals surface area contributed by atoms with Crippen LogP contribution in [0.2, 0.25) is 0 Å². The van der Waals surface area contributed by atoms with Crippen molar-refractivity contribution < 1.29 is 14.7 Å². The summed E-state index contributed by atoms with van der Waals surface area (Å²) >= 11 is 0. The molecular formula is C26H35N3O3. The number of carboxylic acids is 1. The molecule has 32 heavy (non-hydrogen) atoms. The summed E-state index contributed by atoms with van der Waals surface area (Å²) in [4.78, 5) is 25.6. The zero-order valence-corrected chi connectivity index (χ0v) is 19.1. The van der Waals surface area contributed by atoms with Gasteiger partial charge in [-0.3, -0.25) is 9.69 Å². The largest absolute Gasteiger partial charge is 0.480 e. The summed E-state index contributed by atoms with van der Waals surface area (Å²) in [5, 5.41) is 15.7. The van der Waals surface area contributed by atoms with Crippen molar-refractivity contribution in [1.82, 2.24) is 10.6 Å². The molecule has 0 saturated heterocycles. The summed E-state index contributed by atoms with van der Waals surface area (Å²) in [6.07, 6.45) is 6.08. The number of hydrogen-bond acceptors (Lipinski definition) is 3. The van der Waals surface area contributed by atoms with Crippen LogP contribution in [0.3, 0.4) is 0 Å². The Hall–Kier alpha value is -2.86. The van der Waals surface area contributed by atoms with Crippen LogP contribution in [0.1, 0.15) is 44.6 Å². The van der Waals surface area contributed by atoms with Crippen molar-refractivity contribution in [3.8, 4) is 11.1 Å². The van der Waals surface area contributed by atoms with E-state index in [4.69, 9.17) is 0 Å². The molecule has 1 saturated carbocycles. The molecule has 1 fully saturated rings. The first-order chi connectivity index (χ1) is 15.5. The SMILES string of the molecule is CCCCCNC(=O)N(C)c1cccc(-c2ccc(CC(NCC3CC3)C(=O)O)cc2)c1. The van der Waals surface area contributed by atoms with Gasteiger partial charge in [0.05, 0.1) is 0 Å². The monoisotopic (exact) mass is 437 g/mol. The number of unbranched alkanes of at least 4 members (excludes halogenated alkanes) is 2. The van der Waals surface area contributed by atoms with Gasteiger partial charge in [-0.25, -0.2) is 4.79 Å². The lowest BCUT2D eigenvalue weighted by molar-refractivity contribution is -0.139. The first kappa shape index (κ1) is 23.8. The van der Waals surface area contributed by atoms with Gasteiger partial charge in [-0.05, 0) is 67.0 Å². The molecule has 2 aromatic carbocycles. The highest BCUT2D eigenvalue weighted by atomic mass is 16.4. The summed E-state index contributed by atoms with van der Waals surface area (Å²) in [6, 6.07) is 15.2. The van der Waals surface area contributed by atoms with Crippen LogP contribution < -0.4 is 15.5 Å². The minimum Gasteiger partial charge on any atom is -0.480 e. The van der Waals surface area contributed by atoms with E-state index in [0.29, 0.717) is 18.9 Å². The molecule has 6 nitrogen and oxygen atoms in total. The topological polar surface area (TPSA) is 81.7 Å². The summed E-state index contributed by atoms with van der Waals surface area (Å²) in [5.41, 5.74) is 3.87. The number of hydrogen-bond donors (Lipinski definition) is 3. The molecule has 0 aromatic heterocycles. The second kappa shape index (κ2) is 11.7. The van der Waals surface area contributed by atoms with Gasteiger partial charge in [-0.1, -0.05) is 56.2 Å². The highest BCUT2D eigenvalue weighted by Crippen LogP contribution is 2.28. The van der Waals surface area contributed by atoms with E-state index in [2.05, 4.69) is 17.6 Å². The van der Waals surface area contributed by atoms with Crippen molar-refractivity contribution in [2.75, 3.05) is 25.0 Å². The van der Waals surface area contributed by atoms with E-state index in [1.807, 2.05) is 48.5 Å². The smallest absolute Gasteiger partial charge is 0.321 e. The lowest BCUT2D eigenvalue weighted by Gasteiger charge is -2.19. The number of aliphatic carboxylic acids is 1. The average molecular weight is 438 g/mol. The zero-order valence-electron chi connectivity index (χ0n) is 19.1. The van der Waals surface area contributed by atoms with Crippen LogP contribution in [-0.2, 0) is 11.2 Å². The molecule has 3 N–H and O–H groups in total. The third-order valence-corrected chi connectivity index (χ3v) is 5.97. The average Bonchev–Trinajstić information content (AvgIpc) is 3.63. The zero-order chi connectivity index (χ0) is 22.9. The van der Waals surface area contributed by atoms with Gasteiger partial charge in [0.1, 0.15) is 6.04 Å². The van der Waals surface area contributed by atoms with Crippen LogP contribution in [-0.4, -0.2) is 43.3 Å². The van der Waals surface area contributed by atoms with Gasteiger partial charge in [0.2, 0.25) is 0 Å². The predicted octanol–water partition coefficient (Wildman–Crippen LogP) is 4.68. The normalized spacial score (nSPS) is 14.1. The standard InChI is InChI=1S/C26H35N3O3/c1-3-4-5-15-27-26(32)29(2)23-8-6-7-22(17-23)21-13-11-19(12-14-21)16-24(25(30)31)28-18-20-9-10-20/h6-8,11-14,17,20,24,28H,3-5,9-10,15-16,18H2,1-2H3,(H,27,32)(H,30,31). The van der Waals surface area contributed by atoms with Crippen LogP contribution in [0.25, 0.3) is 11.1 Å². The van der Waals surface area contributed by atoms with Gasteiger partial charge in [-0.2, -0.15) is 0 Å². The number of nitrogens with one attached hydrogen (secondary N) is 2. The summed E-state index contributed by atoms with van der Waals surface area (Å²) in [6.45, 7) is 3.61. The Bertz CT molecular complexity index is 893. The highest BCUT2D eigenvalue weighted by Gasteiger charge is 2.24. The molecule has 0 aliphatic heterocycles. The maximum Gasteiger partial charge on any atom is 0.321 e. The van der Waals surface area contributed by atoms with E-state index < -0.39 is 12.0 Å². The molecule has 3 rings (SSSR count). The van der Waals surface area contributed by atoms with E-state index in [1.165, 1.54) is 12.8 Å². The predicted molar refractivity (Wildman–Crippen MR) is 129 cm³/mol. The number of carbonyl (C=O) groups is 2. The minimum atomic E-state index is -0.807. The minimum absolute atomic E-state index is 0.105. The molecule has 1 aliphatic carbocycles. The van der Waals surface area contributed by atoms with Gasteiger partial charge in [0.15, 0.2) is 0 Å². The molecule has 0 radical (unpaired) electrons. The summed E-state index contributed by atoms with van der Waals surface area (Å²) < 4.78 is 0. The number of anilines is 1. The third-order valence-electron chi connectivity index (χ3n) is 5.97. The first-order valence-corrected chi connectivity index (χ1v) is 11.6. The Balaban J connectivity index is 1.61. The molecule has 0 bridgehead atoms. The fourth-order valence-electron chi connectivity index (χ4n) is 3.65. The van der Waals surface area contributed by atoms with Crippen molar-refractivity contribution in [3.63, 3.8) is 0 Å². The van der Waals surface area contributed by atoms with Crippen molar-refractivity contribution in [2.24, 2.45) is 5.92 Å². The lowest BCUT2D eigenvalue weighted by atomic mass is 10.00. The quantitative estimate of drug-likeness (QED) is 0.421. The number of amides is 2. The Kier molecular flexibility index (Phi) is 8.68. The van der Waals surface area contributed by atoms with Crippen molar-refractivity contribution in [1.29, 1.82) is 0 Å². The molecule has 1 unspecified atom stereocenters. The lowest BCUT2D eigenvalue weighted by Crippen LogP contribution is -2.39. The van der Waals surface area contributed by atoms with E-state index in [9.17, 15) is 14.7 Å². The number of carboxylic acid groups (broad SMARTS) is 1. The van der Waals surface area contributed by atoms with Crippen molar-refractivity contribution in [3.05, 3.63) is 54.1 Å². The molecule has 2 amide bonds. The molecule has 1 atom stereocenters. The Labute approximate surface area is 191 Å². The fraction of sp³-hybridized carbons (Fsp3) is 0.462. The number of urea groups is 1. The molecule has 2 aromatic rings. The van der Waals surface area contributed by atoms with Crippen LogP contribution in [0, 0.1) is 5.92 Å². The molecular weight excluding hydrogens is 402 g/mol. The molecule has 6 heteroatoms. The first-order valence-electron chi connectivity index (χ1n) is 11.6. The summed E-state index contributed by atoms with van der Waals surface area (Å²) in [5.74, 6) is -0.165. The third kappa shape index (κ3) is 7.09. The number of benzene rings is 2. The fourth-order valence-corrected chi connectivity index (χ4v) is 3.65. The molecule has 0 spiro atoms. The van der Waals surface area contributed by atoms with Crippen LogP contribution in [0.15, 0.2) is 48.5 Å². The van der Waals surface area contributed by atoms with Gasteiger partial charge in [0, 0.05) is 19.3 Å². The van der Waals surface area contributed by atoms with Crippen LogP contribution in [0.4, 0.5) is 10.5 Å². The maximum absolute atomic E-state index is 12.4. The number of nitrogens with zero attached hydrogens (tertiary/aromatic N) is 1. The molecule has 1 aliphatic rings. The second-order valence-electron chi connectivity index (χ2n) is 8.69. The van der Waals surface area contributed by atoms with Gasteiger partial charge in [-0.15, -0.1) is 0 Å². The number of rotatable bonds is 12. The molecule has 172 valence electrons. The molecule has 0 heterocycles. The van der Waals surface area contributed by atoms with Crippen LogP contribution in [0.5, 0.6) is 0 Å². The van der Waals surface area contributed by atoms with E-state index in [-0.39, 0.29) is 6.03 Å². The van der Waals surface area contributed by atoms with E-state index in [0.717, 1.165) is 48.2 Å². The Morgan fingerprint density at radius 3 is 2.50 bits per heavy atom. The van der Waals surface area contributed by atoms with Crippen LogP contribution >= 0.6 is 0 Å². The van der Waals surface area contributed by atoms with Crippen molar-refractivity contribution in [2.45, 2.75) is 51.5 Å². The van der Waals surface area contributed by atoms with Crippen molar-refractivity contribution >= 4 is 17.7 Å². The maximum atomic E-state index is 12.4. The van der Waals surface area contributed by atoms with Gasteiger partial charge in [0.25, 0.3) is 0 Å². The van der Waals surface area contributed by atoms with E-state index >= 15 is 0 Å². The highest BCUT2D eigenvalue weighted by molar-refractivity contribution is 5.92. The summed E-state index contributed by atoms with van der Waals surface area (Å²) in [7, 11) is 1.78. The Morgan fingerprint density at radius 1 is 1.09 bits per heavy atom. The van der Waals surface area contributed by atoms with Gasteiger partial charge >= 0.3 is 12.0 Å². The Morgan fingerprint density at radius 2 is 1.84 bits per heavy atom. The second-order valence-corrected chi connectivity index (χ2v) is 8.69.